The van der Waals surface area contributed by atoms with E-state index in [2.05, 4.69) is 41.8 Å². The van der Waals surface area contributed by atoms with Crippen molar-refractivity contribution in [2.45, 2.75) is 32.2 Å². The summed E-state index contributed by atoms with van der Waals surface area (Å²) in [6, 6.07) is 10.8. The zero-order valence-electron chi connectivity index (χ0n) is 10.3. The highest BCUT2D eigenvalue weighted by Crippen LogP contribution is 2.34. The molecular weight excluding hydrogens is 210 g/mol. The number of fused-ring (bicyclic) bond motifs is 1. The fourth-order valence-corrected chi connectivity index (χ4v) is 2.50. The topological polar surface area (TPSA) is 25.2 Å². The van der Waals surface area contributed by atoms with E-state index in [1.807, 2.05) is 0 Å². The lowest BCUT2D eigenvalue weighted by atomic mass is 10.1. The van der Waals surface area contributed by atoms with Gasteiger partial charge >= 0.3 is 0 Å². The van der Waals surface area contributed by atoms with Gasteiger partial charge in [-0.15, -0.1) is 0 Å². The maximum Gasteiger partial charge on any atom is 0.0511 e. The molecule has 0 radical (unpaired) electrons. The van der Waals surface area contributed by atoms with Gasteiger partial charge in [0.1, 0.15) is 0 Å². The summed E-state index contributed by atoms with van der Waals surface area (Å²) in [5, 5.41) is 10.7. The third-order valence-corrected chi connectivity index (χ3v) is 3.76. The normalized spacial score (nSPS) is 17.5. The van der Waals surface area contributed by atoms with Gasteiger partial charge in [-0.3, -0.25) is 0 Å². The average molecular weight is 229 g/mol. The fraction of sp³-hybridized carbons (Fsp3) is 0.467. The quantitative estimate of drug-likeness (QED) is 0.856. The summed E-state index contributed by atoms with van der Waals surface area (Å²) in [6.07, 6.45) is 2.72. The van der Waals surface area contributed by atoms with Gasteiger partial charge in [0, 0.05) is 23.7 Å². The molecule has 1 saturated carbocycles. The van der Waals surface area contributed by atoms with Crippen LogP contribution in [0, 0.1) is 5.92 Å². The number of para-hydroxylation sites is 1. The second-order valence-corrected chi connectivity index (χ2v) is 5.27. The van der Waals surface area contributed by atoms with Crippen molar-refractivity contribution < 1.29 is 5.11 Å². The summed E-state index contributed by atoms with van der Waals surface area (Å²) in [4.78, 5) is 0. The fourth-order valence-electron chi connectivity index (χ4n) is 2.50. The Morgan fingerprint density at radius 2 is 2.12 bits per heavy atom. The summed E-state index contributed by atoms with van der Waals surface area (Å²) < 4.78 is 2.41. The Kier molecular flexibility index (Phi) is 2.67. The third-order valence-electron chi connectivity index (χ3n) is 3.76. The maximum absolute atomic E-state index is 9.37. The van der Waals surface area contributed by atoms with E-state index in [0.29, 0.717) is 0 Å². The monoisotopic (exact) mass is 229 g/mol. The molecule has 90 valence electrons. The lowest BCUT2D eigenvalue weighted by Crippen LogP contribution is -2.09. The van der Waals surface area contributed by atoms with E-state index in [4.69, 9.17) is 0 Å². The lowest BCUT2D eigenvalue weighted by molar-refractivity contribution is 0.268. The number of hydrogen-bond donors (Lipinski definition) is 1. The number of aromatic nitrogens is 1. The minimum absolute atomic E-state index is 0.223. The highest BCUT2D eigenvalue weighted by Gasteiger charge is 2.24. The molecule has 17 heavy (non-hydrogen) atoms. The lowest BCUT2D eigenvalue weighted by Gasteiger charge is -2.14. The standard InChI is InChI=1S/C15H19NO/c1-11(10-17)15-8-13-4-2-3-5-14(13)16(15)9-12-6-7-12/h2-5,8,11-12,17H,6-7,9-10H2,1H3. The molecule has 1 N–H and O–H groups in total. The van der Waals surface area contributed by atoms with E-state index in [9.17, 15) is 5.11 Å². The molecule has 2 heteroatoms. The van der Waals surface area contributed by atoms with E-state index in [0.717, 1.165) is 12.5 Å². The van der Waals surface area contributed by atoms with Crippen molar-refractivity contribution in [3.8, 4) is 0 Å². The summed E-state index contributed by atoms with van der Waals surface area (Å²) in [5.41, 5.74) is 2.59. The second kappa shape index (κ2) is 4.19. The van der Waals surface area contributed by atoms with Crippen LogP contribution in [0.15, 0.2) is 30.3 Å². The third kappa shape index (κ3) is 1.98. The van der Waals surface area contributed by atoms with Gasteiger partial charge in [0.2, 0.25) is 0 Å². The Morgan fingerprint density at radius 3 is 2.82 bits per heavy atom. The van der Waals surface area contributed by atoms with Gasteiger partial charge in [0.05, 0.1) is 6.61 Å². The molecule has 0 bridgehead atoms. The van der Waals surface area contributed by atoms with Crippen LogP contribution in [0.3, 0.4) is 0 Å². The van der Waals surface area contributed by atoms with Crippen LogP contribution in [0.1, 0.15) is 31.4 Å². The Hall–Kier alpha value is -1.28. The van der Waals surface area contributed by atoms with Gasteiger partial charge in [-0.25, -0.2) is 0 Å². The molecule has 2 nitrogen and oxygen atoms in total. The minimum atomic E-state index is 0.223. The summed E-state index contributed by atoms with van der Waals surface area (Å²) in [6.45, 7) is 3.44. The number of aliphatic hydroxyl groups excluding tert-OH is 1. The van der Waals surface area contributed by atoms with Crippen LogP contribution >= 0.6 is 0 Å². The number of aliphatic hydroxyl groups is 1. The predicted molar refractivity (Wildman–Crippen MR) is 70.2 cm³/mol. The van der Waals surface area contributed by atoms with Gasteiger partial charge in [0.15, 0.2) is 0 Å². The van der Waals surface area contributed by atoms with Gasteiger partial charge < -0.3 is 9.67 Å². The summed E-state index contributed by atoms with van der Waals surface area (Å²) in [7, 11) is 0. The van der Waals surface area contributed by atoms with Crippen molar-refractivity contribution in [3.05, 3.63) is 36.0 Å². The number of nitrogens with zero attached hydrogens (tertiary/aromatic N) is 1. The molecule has 2 aromatic rings. The first kappa shape index (κ1) is 10.8. The molecule has 1 aromatic carbocycles. The van der Waals surface area contributed by atoms with E-state index in [1.165, 1.54) is 29.4 Å². The Balaban J connectivity index is 2.10. The summed E-state index contributed by atoms with van der Waals surface area (Å²) in [5.74, 6) is 1.08. The Morgan fingerprint density at radius 1 is 1.35 bits per heavy atom. The molecule has 1 aromatic heterocycles. The average Bonchev–Trinajstić information content (AvgIpc) is 3.10. The molecule has 0 amide bonds. The molecular formula is C15H19NO. The smallest absolute Gasteiger partial charge is 0.0511 e. The zero-order valence-corrected chi connectivity index (χ0v) is 10.3. The van der Waals surface area contributed by atoms with Crippen molar-refractivity contribution in [1.29, 1.82) is 0 Å². The molecule has 1 unspecified atom stereocenters. The molecule has 0 saturated heterocycles. The van der Waals surface area contributed by atoms with E-state index in [1.54, 1.807) is 0 Å². The largest absolute Gasteiger partial charge is 0.396 e. The van der Waals surface area contributed by atoms with Crippen LogP contribution in [-0.4, -0.2) is 16.3 Å². The van der Waals surface area contributed by atoms with Crippen LogP contribution in [0.25, 0.3) is 10.9 Å². The molecule has 1 heterocycles. The number of hydrogen-bond acceptors (Lipinski definition) is 1. The molecule has 1 aliphatic rings. The van der Waals surface area contributed by atoms with Gasteiger partial charge in [-0.2, -0.15) is 0 Å². The van der Waals surface area contributed by atoms with Crippen molar-refractivity contribution in [1.82, 2.24) is 4.57 Å². The highest BCUT2D eigenvalue weighted by atomic mass is 16.3. The van der Waals surface area contributed by atoms with Crippen LogP contribution in [0.4, 0.5) is 0 Å². The first-order valence-corrected chi connectivity index (χ1v) is 6.48. The van der Waals surface area contributed by atoms with E-state index >= 15 is 0 Å². The van der Waals surface area contributed by atoms with Crippen molar-refractivity contribution in [3.63, 3.8) is 0 Å². The SMILES string of the molecule is CC(CO)c1cc2ccccc2n1CC1CC1. The molecule has 1 aliphatic carbocycles. The highest BCUT2D eigenvalue weighted by molar-refractivity contribution is 5.81. The minimum Gasteiger partial charge on any atom is -0.396 e. The van der Waals surface area contributed by atoms with Gasteiger partial charge in [-0.05, 0) is 36.3 Å². The van der Waals surface area contributed by atoms with Crippen LogP contribution in [0.2, 0.25) is 0 Å². The summed E-state index contributed by atoms with van der Waals surface area (Å²) >= 11 is 0. The molecule has 1 atom stereocenters. The maximum atomic E-state index is 9.37. The Bertz CT molecular complexity index is 525. The van der Waals surface area contributed by atoms with Crippen LogP contribution in [-0.2, 0) is 6.54 Å². The molecule has 1 fully saturated rings. The van der Waals surface area contributed by atoms with E-state index < -0.39 is 0 Å². The number of rotatable bonds is 4. The van der Waals surface area contributed by atoms with Crippen molar-refractivity contribution in [2.75, 3.05) is 6.61 Å². The van der Waals surface area contributed by atoms with Crippen molar-refractivity contribution in [2.24, 2.45) is 5.92 Å². The molecule has 0 aliphatic heterocycles. The first-order chi connectivity index (χ1) is 8.29. The van der Waals surface area contributed by atoms with Crippen LogP contribution < -0.4 is 0 Å². The first-order valence-electron chi connectivity index (χ1n) is 6.48. The zero-order chi connectivity index (χ0) is 11.8. The Labute approximate surface area is 102 Å². The molecule has 3 rings (SSSR count). The predicted octanol–water partition coefficient (Wildman–Crippen LogP) is 3.15. The molecule has 0 spiro atoms. The second-order valence-electron chi connectivity index (χ2n) is 5.27. The van der Waals surface area contributed by atoms with Gasteiger partial charge in [0.25, 0.3) is 0 Å². The van der Waals surface area contributed by atoms with Gasteiger partial charge in [-0.1, -0.05) is 25.1 Å². The number of benzene rings is 1. The van der Waals surface area contributed by atoms with Crippen molar-refractivity contribution >= 4 is 10.9 Å². The van der Waals surface area contributed by atoms with E-state index in [-0.39, 0.29) is 12.5 Å². The van der Waals surface area contributed by atoms with Crippen LogP contribution in [0.5, 0.6) is 0 Å².